The van der Waals surface area contributed by atoms with Crippen LogP contribution in [0.1, 0.15) is 60.1 Å². The number of fused-ring (bicyclic) bond motifs is 1. The van der Waals surface area contributed by atoms with Crippen molar-refractivity contribution in [3.05, 3.63) is 21.4 Å². The van der Waals surface area contributed by atoms with Crippen LogP contribution in [0.25, 0.3) is 0 Å². The van der Waals surface area contributed by atoms with E-state index in [1.165, 1.54) is 21.8 Å². The normalized spacial score (nSPS) is 17.0. The topological polar surface area (TPSA) is 95.5 Å². The molecule has 1 aliphatic carbocycles. The highest BCUT2D eigenvalue weighted by molar-refractivity contribution is 7.14. The molecule has 1 atom stereocenters. The summed E-state index contributed by atoms with van der Waals surface area (Å²) in [7, 11) is 0. The Bertz CT molecular complexity index is 651. The Hall–Kier alpha value is -1.89. The summed E-state index contributed by atoms with van der Waals surface area (Å²) in [6.45, 7) is 5.62. The van der Waals surface area contributed by atoms with E-state index in [1.54, 1.807) is 13.8 Å². The van der Waals surface area contributed by atoms with Gasteiger partial charge in [0.15, 0.2) is 0 Å². The molecule has 3 N–H and O–H groups in total. The first-order valence-corrected chi connectivity index (χ1v) is 8.90. The highest BCUT2D eigenvalue weighted by Crippen LogP contribution is 2.32. The lowest BCUT2D eigenvalue weighted by Gasteiger charge is -2.21. The molecule has 0 radical (unpaired) electrons. The quantitative estimate of drug-likeness (QED) is 0.710. The molecule has 0 saturated heterocycles. The summed E-state index contributed by atoms with van der Waals surface area (Å²) >= 11 is 1.48. The zero-order valence-electron chi connectivity index (χ0n) is 14.3. The molecule has 1 unspecified atom stereocenters. The number of carbonyl (C=O) groups is 3. The monoisotopic (exact) mass is 352 g/mol. The number of thiophene rings is 1. The lowest BCUT2D eigenvalue weighted by Crippen LogP contribution is -2.43. The fraction of sp³-hybridized carbons (Fsp3) is 0.588. The fourth-order valence-corrected chi connectivity index (χ4v) is 4.06. The van der Waals surface area contributed by atoms with Gasteiger partial charge in [0.2, 0.25) is 5.91 Å². The molecule has 132 valence electrons. The first-order valence-electron chi connectivity index (χ1n) is 8.09. The van der Waals surface area contributed by atoms with E-state index in [9.17, 15) is 14.4 Å². The summed E-state index contributed by atoms with van der Waals surface area (Å²) in [6, 6.07) is 1.91. The summed E-state index contributed by atoms with van der Waals surface area (Å²) in [5, 5.41) is 8.83. The van der Waals surface area contributed by atoms with Gasteiger partial charge in [0.1, 0.15) is 0 Å². The molecule has 6 nitrogen and oxygen atoms in total. The molecular weight excluding hydrogens is 328 g/mol. The Morgan fingerprint density at radius 2 is 2.00 bits per heavy atom. The highest BCUT2D eigenvalue weighted by Gasteiger charge is 2.26. The van der Waals surface area contributed by atoms with Crippen molar-refractivity contribution < 1.29 is 19.5 Å². The maximum absolute atomic E-state index is 12.2. The van der Waals surface area contributed by atoms with E-state index in [2.05, 4.69) is 17.8 Å². The summed E-state index contributed by atoms with van der Waals surface area (Å²) in [5.41, 5.74) is 5.36. The molecule has 0 aliphatic heterocycles. The van der Waals surface area contributed by atoms with Crippen molar-refractivity contribution in [2.75, 3.05) is 0 Å². The van der Waals surface area contributed by atoms with Gasteiger partial charge in [-0.25, -0.2) is 0 Å². The van der Waals surface area contributed by atoms with E-state index in [0.29, 0.717) is 10.8 Å². The Morgan fingerprint density at radius 3 is 2.67 bits per heavy atom. The van der Waals surface area contributed by atoms with E-state index in [4.69, 9.17) is 5.11 Å². The molecule has 24 heavy (non-hydrogen) atoms. The van der Waals surface area contributed by atoms with Crippen LogP contribution in [0.5, 0.6) is 0 Å². The summed E-state index contributed by atoms with van der Waals surface area (Å²) < 4.78 is 0. The number of hydrogen-bond acceptors (Lipinski definition) is 4. The van der Waals surface area contributed by atoms with E-state index in [0.717, 1.165) is 19.3 Å². The van der Waals surface area contributed by atoms with Gasteiger partial charge in [0.05, 0.1) is 11.3 Å². The van der Waals surface area contributed by atoms with Gasteiger partial charge in [-0.1, -0.05) is 20.8 Å². The molecule has 1 heterocycles. The van der Waals surface area contributed by atoms with E-state index < -0.39 is 17.3 Å². The zero-order chi connectivity index (χ0) is 17.9. The predicted molar refractivity (Wildman–Crippen MR) is 91.8 cm³/mol. The van der Waals surface area contributed by atoms with Gasteiger partial charge in [0, 0.05) is 11.3 Å². The number of hydrazine groups is 1. The van der Waals surface area contributed by atoms with Gasteiger partial charge >= 0.3 is 5.97 Å². The zero-order valence-corrected chi connectivity index (χ0v) is 15.1. The first-order chi connectivity index (χ1) is 11.2. The van der Waals surface area contributed by atoms with Crippen LogP contribution in [-0.4, -0.2) is 22.9 Å². The molecule has 1 aromatic rings. The number of amides is 2. The number of hydrogen-bond donors (Lipinski definition) is 3. The van der Waals surface area contributed by atoms with Crippen molar-refractivity contribution >= 4 is 29.1 Å². The minimum Gasteiger partial charge on any atom is -0.481 e. The lowest BCUT2D eigenvalue weighted by atomic mass is 9.85. The smallest absolute Gasteiger partial charge is 0.303 e. The van der Waals surface area contributed by atoms with E-state index in [1.807, 2.05) is 6.07 Å². The molecule has 7 heteroatoms. The van der Waals surface area contributed by atoms with Crippen molar-refractivity contribution in [2.24, 2.45) is 11.3 Å². The summed E-state index contributed by atoms with van der Waals surface area (Å²) in [4.78, 5) is 36.7. The number of aryl methyl sites for hydroxylation is 1. The van der Waals surface area contributed by atoms with Crippen LogP contribution in [0, 0.1) is 11.3 Å². The molecule has 0 saturated carbocycles. The maximum atomic E-state index is 12.2. The maximum Gasteiger partial charge on any atom is 0.303 e. The van der Waals surface area contributed by atoms with E-state index in [-0.39, 0.29) is 18.7 Å². The Morgan fingerprint density at radius 1 is 1.29 bits per heavy atom. The number of carboxylic acid groups (broad SMARTS) is 1. The number of nitrogens with one attached hydrogen (secondary N) is 2. The van der Waals surface area contributed by atoms with Crippen LogP contribution >= 0.6 is 11.3 Å². The third-order valence-corrected chi connectivity index (χ3v) is 5.37. The standard InChI is InChI=1S/C17H24N2O4S/c1-10-4-5-12-11(6-10)7-13(24-12)16(23)19-18-14(20)8-17(2,3)9-15(21)22/h7,10H,4-6,8-9H2,1-3H3,(H,18,20)(H,19,23)(H,21,22). The van der Waals surface area contributed by atoms with Gasteiger partial charge in [0.25, 0.3) is 5.91 Å². The predicted octanol–water partition coefficient (Wildman–Crippen LogP) is 2.52. The Labute approximate surface area is 145 Å². The van der Waals surface area contributed by atoms with Crippen LogP contribution in [0.15, 0.2) is 6.07 Å². The third-order valence-electron chi connectivity index (χ3n) is 4.14. The van der Waals surface area contributed by atoms with Gasteiger partial charge in [-0.2, -0.15) is 0 Å². The van der Waals surface area contributed by atoms with Gasteiger partial charge in [-0.3, -0.25) is 25.2 Å². The Balaban J connectivity index is 1.87. The van der Waals surface area contributed by atoms with Crippen molar-refractivity contribution in [3.63, 3.8) is 0 Å². The molecule has 1 aromatic heterocycles. The Kier molecular flexibility index (Phi) is 5.64. The third kappa shape index (κ3) is 5.06. The number of rotatable bonds is 5. The lowest BCUT2D eigenvalue weighted by molar-refractivity contribution is -0.139. The summed E-state index contributed by atoms with van der Waals surface area (Å²) in [5.74, 6) is -1.04. The average molecular weight is 352 g/mol. The number of carbonyl (C=O) groups excluding carboxylic acids is 2. The summed E-state index contributed by atoms with van der Waals surface area (Å²) in [6.07, 6.45) is 3.06. The van der Waals surface area contributed by atoms with Gasteiger partial charge < -0.3 is 5.11 Å². The van der Waals surface area contributed by atoms with Crippen LogP contribution in [0.2, 0.25) is 0 Å². The molecule has 1 aliphatic rings. The second-order valence-electron chi connectivity index (χ2n) is 7.32. The number of carboxylic acids is 1. The number of aliphatic carboxylic acids is 1. The minimum atomic E-state index is -0.949. The van der Waals surface area contributed by atoms with Crippen LogP contribution in [0.3, 0.4) is 0 Å². The average Bonchev–Trinajstić information content (AvgIpc) is 2.85. The van der Waals surface area contributed by atoms with E-state index >= 15 is 0 Å². The molecule has 2 amide bonds. The second-order valence-corrected chi connectivity index (χ2v) is 8.46. The van der Waals surface area contributed by atoms with Gasteiger partial charge in [-0.05, 0) is 42.2 Å². The van der Waals surface area contributed by atoms with Crippen molar-refractivity contribution in [2.45, 2.75) is 52.9 Å². The van der Waals surface area contributed by atoms with Crippen LogP contribution in [-0.2, 0) is 22.4 Å². The van der Waals surface area contributed by atoms with Crippen molar-refractivity contribution in [1.82, 2.24) is 10.9 Å². The fourth-order valence-electron chi connectivity index (χ4n) is 2.96. The minimum absolute atomic E-state index is 0.0258. The second kappa shape index (κ2) is 7.34. The molecule has 0 fully saturated rings. The van der Waals surface area contributed by atoms with Crippen molar-refractivity contribution in [1.29, 1.82) is 0 Å². The molecule has 0 spiro atoms. The highest BCUT2D eigenvalue weighted by atomic mass is 32.1. The van der Waals surface area contributed by atoms with Crippen molar-refractivity contribution in [3.8, 4) is 0 Å². The van der Waals surface area contributed by atoms with Crippen LogP contribution in [0.4, 0.5) is 0 Å². The van der Waals surface area contributed by atoms with Gasteiger partial charge in [-0.15, -0.1) is 11.3 Å². The molecule has 0 bridgehead atoms. The molecule has 0 aromatic carbocycles. The first kappa shape index (κ1) is 18.4. The largest absolute Gasteiger partial charge is 0.481 e. The van der Waals surface area contributed by atoms with Crippen LogP contribution < -0.4 is 10.9 Å². The molecular formula is C17H24N2O4S. The SMILES string of the molecule is CC1CCc2sc(C(=O)NNC(=O)CC(C)(C)CC(=O)O)cc2C1. The molecule has 2 rings (SSSR count).